The molecule has 2 atom stereocenters. The zero-order valence-corrected chi connectivity index (χ0v) is 20.3. The van der Waals surface area contributed by atoms with Gasteiger partial charge >= 0.3 is 0 Å². The Bertz CT molecular complexity index is 956. The first-order valence-corrected chi connectivity index (χ1v) is 11.1. The van der Waals surface area contributed by atoms with Crippen molar-refractivity contribution >= 4 is 11.8 Å². The first-order valence-electron chi connectivity index (χ1n) is 11.1. The summed E-state index contributed by atoms with van der Waals surface area (Å²) >= 11 is 0. The van der Waals surface area contributed by atoms with Gasteiger partial charge in [0.1, 0.15) is 11.6 Å². The Morgan fingerprint density at radius 3 is 2.21 bits per heavy atom. The third-order valence-electron chi connectivity index (χ3n) is 5.97. The fourth-order valence-corrected chi connectivity index (χ4v) is 3.84. The highest BCUT2D eigenvalue weighted by Gasteiger charge is 2.29. The number of nitrogens with one attached hydrogen (secondary N) is 2. The topological polar surface area (TPSA) is 61.4 Å². The molecule has 2 rings (SSSR count). The van der Waals surface area contributed by atoms with Crippen LogP contribution in [-0.2, 0) is 11.2 Å². The average Bonchev–Trinajstić information content (AvgIpc) is 2.75. The minimum Gasteiger partial charge on any atom is -0.355 e. The van der Waals surface area contributed by atoms with Crippen LogP contribution in [0.3, 0.4) is 0 Å². The van der Waals surface area contributed by atoms with Crippen molar-refractivity contribution < 1.29 is 18.4 Å². The molecule has 2 N–H and O–H groups in total. The normalized spacial score (nSPS) is 13.5. The molecule has 180 valence electrons. The number of amides is 2. The lowest BCUT2D eigenvalue weighted by Crippen LogP contribution is -2.42. The Hall–Kier alpha value is -2.80. The molecule has 0 spiro atoms. The van der Waals surface area contributed by atoms with Crippen molar-refractivity contribution in [2.45, 2.75) is 45.6 Å². The number of benzene rings is 2. The van der Waals surface area contributed by atoms with Gasteiger partial charge in [-0.2, -0.15) is 0 Å². The van der Waals surface area contributed by atoms with Crippen LogP contribution in [-0.4, -0.2) is 50.4 Å². The number of rotatable bonds is 9. The van der Waals surface area contributed by atoms with Crippen molar-refractivity contribution in [3.63, 3.8) is 0 Å². The Kier molecular flexibility index (Phi) is 9.11. The highest BCUT2D eigenvalue weighted by molar-refractivity contribution is 5.94. The maximum absolute atomic E-state index is 14.6. The second-order valence-electron chi connectivity index (χ2n) is 9.66. The molecule has 33 heavy (non-hydrogen) atoms. The third-order valence-corrected chi connectivity index (χ3v) is 5.97. The standard InChI is InChI=1S/C26H35F2N3O2/c1-26(2,3)21(17-10-8-7-9-11-17)15-24(32)30-16-19(31(5)6)12-18-13-23(28)20(14-22(18)27)25(33)29-4/h7-11,13-14,19,21H,12,15-16H2,1-6H3,(H,29,33)(H,30,32). The SMILES string of the molecule is CNC(=O)c1cc(F)c(CC(CNC(=O)CC(c2ccccc2)C(C)(C)C)N(C)C)cc1F. The first kappa shape index (κ1) is 26.5. The van der Waals surface area contributed by atoms with Gasteiger partial charge < -0.3 is 15.5 Å². The van der Waals surface area contributed by atoms with Crippen LogP contribution in [0.2, 0.25) is 0 Å². The summed E-state index contributed by atoms with van der Waals surface area (Å²) in [7, 11) is 5.01. The van der Waals surface area contributed by atoms with Gasteiger partial charge in [-0.05, 0) is 55.1 Å². The first-order chi connectivity index (χ1) is 15.4. The fourth-order valence-electron chi connectivity index (χ4n) is 3.84. The summed E-state index contributed by atoms with van der Waals surface area (Å²) in [6.45, 7) is 6.62. The molecule has 0 aliphatic carbocycles. The van der Waals surface area contributed by atoms with Crippen LogP contribution in [0.25, 0.3) is 0 Å². The van der Waals surface area contributed by atoms with Crippen LogP contribution in [0, 0.1) is 17.0 Å². The molecule has 5 nitrogen and oxygen atoms in total. The number of hydrogen-bond donors (Lipinski definition) is 2. The van der Waals surface area contributed by atoms with Crippen LogP contribution in [0.15, 0.2) is 42.5 Å². The van der Waals surface area contributed by atoms with Gasteiger partial charge in [0, 0.05) is 26.1 Å². The number of carbonyl (C=O) groups is 2. The van der Waals surface area contributed by atoms with Crippen molar-refractivity contribution in [3.05, 3.63) is 70.8 Å². The Labute approximate surface area is 195 Å². The summed E-state index contributed by atoms with van der Waals surface area (Å²) in [5.41, 5.74) is 0.831. The van der Waals surface area contributed by atoms with E-state index in [1.54, 1.807) is 0 Å². The van der Waals surface area contributed by atoms with Crippen LogP contribution in [0.5, 0.6) is 0 Å². The molecular formula is C26H35F2N3O2. The van der Waals surface area contributed by atoms with Gasteiger partial charge in [-0.3, -0.25) is 9.59 Å². The molecule has 2 aromatic rings. The summed E-state index contributed by atoms with van der Waals surface area (Å²) in [6.07, 6.45) is 0.517. The predicted molar refractivity (Wildman–Crippen MR) is 127 cm³/mol. The van der Waals surface area contributed by atoms with Crippen LogP contribution < -0.4 is 10.6 Å². The van der Waals surface area contributed by atoms with E-state index >= 15 is 0 Å². The summed E-state index contributed by atoms with van der Waals surface area (Å²) in [5, 5.41) is 5.27. The summed E-state index contributed by atoms with van der Waals surface area (Å²) < 4.78 is 28.9. The van der Waals surface area contributed by atoms with Crippen LogP contribution in [0.1, 0.15) is 54.6 Å². The molecule has 0 aromatic heterocycles. The Balaban J connectivity index is 2.09. The molecular weight excluding hydrogens is 424 g/mol. The van der Waals surface area contributed by atoms with Crippen molar-refractivity contribution in [2.75, 3.05) is 27.7 Å². The molecule has 0 fully saturated rings. The molecule has 0 heterocycles. The maximum atomic E-state index is 14.6. The van der Waals surface area contributed by atoms with Crippen molar-refractivity contribution in [1.29, 1.82) is 0 Å². The van der Waals surface area contributed by atoms with Crippen molar-refractivity contribution in [3.8, 4) is 0 Å². The molecule has 0 radical (unpaired) electrons. The number of halogens is 2. The van der Waals surface area contributed by atoms with Gasteiger partial charge in [0.15, 0.2) is 0 Å². The van der Waals surface area contributed by atoms with E-state index < -0.39 is 17.5 Å². The average molecular weight is 460 g/mol. The number of nitrogens with zero attached hydrogens (tertiary/aromatic N) is 1. The van der Waals surface area contributed by atoms with Gasteiger partial charge in [-0.25, -0.2) is 8.78 Å². The second kappa shape index (κ2) is 11.4. The largest absolute Gasteiger partial charge is 0.355 e. The zero-order valence-electron chi connectivity index (χ0n) is 20.3. The van der Waals surface area contributed by atoms with Crippen molar-refractivity contribution in [2.24, 2.45) is 5.41 Å². The summed E-state index contributed by atoms with van der Waals surface area (Å²) in [6, 6.07) is 11.7. The highest BCUT2D eigenvalue weighted by Crippen LogP contribution is 2.37. The minimum absolute atomic E-state index is 0.0419. The molecule has 0 aliphatic heterocycles. The smallest absolute Gasteiger partial charge is 0.254 e. The highest BCUT2D eigenvalue weighted by atomic mass is 19.1. The van der Waals surface area contributed by atoms with Crippen LogP contribution in [0.4, 0.5) is 8.78 Å². The quantitative estimate of drug-likeness (QED) is 0.593. The Morgan fingerprint density at radius 1 is 1.03 bits per heavy atom. The van der Waals surface area contributed by atoms with Gasteiger partial charge in [0.25, 0.3) is 5.91 Å². The molecule has 0 saturated heterocycles. The van der Waals surface area contributed by atoms with E-state index in [0.29, 0.717) is 6.42 Å². The predicted octanol–water partition coefficient (Wildman–Crippen LogP) is 4.13. The number of hydrogen-bond acceptors (Lipinski definition) is 3. The van der Waals surface area contributed by atoms with Gasteiger partial charge in [0.2, 0.25) is 5.91 Å². The molecule has 2 aromatic carbocycles. The van der Waals surface area contributed by atoms with Crippen LogP contribution >= 0.6 is 0 Å². The van der Waals surface area contributed by atoms with Crippen molar-refractivity contribution in [1.82, 2.24) is 15.5 Å². The molecule has 7 heteroatoms. The van der Waals surface area contributed by atoms with Gasteiger partial charge in [-0.1, -0.05) is 51.1 Å². The van der Waals surface area contributed by atoms with E-state index in [2.05, 4.69) is 31.4 Å². The molecule has 2 amide bonds. The molecule has 0 aliphatic rings. The van der Waals surface area contributed by atoms with E-state index in [-0.39, 0.29) is 47.4 Å². The summed E-state index contributed by atoms with van der Waals surface area (Å²) in [5.74, 6) is -2.15. The minimum atomic E-state index is -0.775. The number of carbonyl (C=O) groups excluding carboxylic acids is 2. The monoisotopic (exact) mass is 459 g/mol. The van der Waals surface area contributed by atoms with E-state index in [4.69, 9.17) is 0 Å². The zero-order chi connectivity index (χ0) is 24.8. The van der Waals surface area contributed by atoms with Gasteiger partial charge in [-0.15, -0.1) is 0 Å². The van der Waals surface area contributed by atoms with E-state index in [9.17, 15) is 18.4 Å². The summed E-state index contributed by atoms with van der Waals surface area (Å²) in [4.78, 5) is 26.4. The number of likely N-dealkylation sites (N-methyl/N-ethyl adjacent to an activating group) is 1. The molecule has 2 unspecified atom stereocenters. The molecule has 0 bridgehead atoms. The maximum Gasteiger partial charge on any atom is 0.254 e. The van der Waals surface area contributed by atoms with E-state index in [1.165, 1.54) is 7.05 Å². The lowest BCUT2D eigenvalue weighted by Gasteiger charge is -2.31. The fraction of sp³-hybridized carbons (Fsp3) is 0.462. The van der Waals surface area contributed by atoms with E-state index in [1.807, 2.05) is 49.3 Å². The lowest BCUT2D eigenvalue weighted by atomic mass is 9.74. The molecule has 0 saturated carbocycles. The van der Waals surface area contributed by atoms with E-state index in [0.717, 1.165) is 17.7 Å². The second-order valence-corrected chi connectivity index (χ2v) is 9.66. The lowest BCUT2D eigenvalue weighted by molar-refractivity contribution is -0.122. The third kappa shape index (κ3) is 7.35. The Morgan fingerprint density at radius 2 is 1.67 bits per heavy atom. The van der Waals surface area contributed by atoms with Gasteiger partial charge in [0.05, 0.1) is 5.56 Å².